The molecule has 5 rings (SSSR count). The zero-order valence-electron chi connectivity index (χ0n) is 23.5. The maximum absolute atomic E-state index is 10.8. The summed E-state index contributed by atoms with van der Waals surface area (Å²) in [5.74, 6) is -0.535. The molecule has 5 fully saturated rings. The maximum atomic E-state index is 10.8. The molecule has 0 aromatic carbocycles. The first-order valence-corrected chi connectivity index (χ1v) is 14.9. The van der Waals surface area contributed by atoms with Crippen LogP contribution < -0.4 is 0 Å². The van der Waals surface area contributed by atoms with E-state index >= 15 is 0 Å². The fourth-order valence-electron chi connectivity index (χ4n) is 7.18. The van der Waals surface area contributed by atoms with Gasteiger partial charge in [0.1, 0.15) is 48.8 Å². The van der Waals surface area contributed by atoms with E-state index in [1.807, 2.05) is 0 Å². The first-order chi connectivity index (χ1) is 19.8. The van der Waals surface area contributed by atoms with E-state index in [2.05, 4.69) is 0 Å². The van der Waals surface area contributed by atoms with Crippen LogP contribution in [0, 0.1) is 11.8 Å². The molecule has 19 unspecified atom stereocenters. The summed E-state index contributed by atoms with van der Waals surface area (Å²) in [4.78, 5) is 0. The Labute approximate surface area is 243 Å². The second-order valence-electron chi connectivity index (χ2n) is 12.7. The molecule has 3 saturated heterocycles. The zero-order chi connectivity index (χ0) is 30.5. The molecule has 19 atom stereocenters. The van der Waals surface area contributed by atoms with Crippen molar-refractivity contribution < 1.29 is 74.7 Å². The molecule has 42 heavy (non-hydrogen) atoms. The van der Waals surface area contributed by atoms with Gasteiger partial charge >= 0.3 is 0 Å². The summed E-state index contributed by atoms with van der Waals surface area (Å²) in [5, 5.41) is 104. The van der Waals surface area contributed by atoms with Crippen LogP contribution in [0.4, 0.5) is 0 Å². The highest BCUT2D eigenvalue weighted by molar-refractivity contribution is 4.98. The van der Waals surface area contributed by atoms with Gasteiger partial charge in [-0.25, -0.2) is 0 Å². The molecule has 0 aromatic rings. The quantitative estimate of drug-likeness (QED) is 0.127. The summed E-state index contributed by atoms with van der Waals surface area (Å²) in [5.41, 5.74) is 0. The average Bonchev–Trinajstić information content (AvgIpc) is 2.95. The van der Waals surface area contributed by atoms with Gasteiger partial charge in [-0.3, -0.25) is 0 Å². The van der Waals surface area contributed by atoms with Gasteiger partial charge in [0.15, 0.2) is 24.8 Å². The Morgan fingerprint density at radius 3 is 2.07 bits per heavy atom. The molecule has 11 N–H and O–H groups in total. The topological polar surface area (TPSA) is 252 Å². The van der Waals surface area contributed by atoms with Crippen molar-refractivity contribution in [2.45, 2.75) is 150 Å². The van der Waals surface area contributed by atoms with Crippen LogP contribution >= 0.6 is 0 Å². The van der Waals surface area contributed by atoms with Crippen LogP contribution in [0.2, 0.25) is 0 Å². The molecule has 5 aliphatic rings. The fraction of sp³-hybridized carbons (Fsp3) is 1.00. The largest absolute Gasteiger partial charge is 0.427 e. The lowest BCUT2D eigenvalue weighted by atomic mass is 9.72. The van der Waals surface area contributed by atoms with Crippen LogP contribution in [-0.2, 0) is 18.9 Å². The van der Waals surface area contributed by atoms with Gasteiger partial charge in [-0.1, -0.05) is 0 Å². The number of aliphatic hydroxyl groups is 12. The third-order valence-electron chi connectivity index (χ3n) is 9.78. The highest BCUT2D eigenvalue weighted by atomic mass is 16.7. The van der Waals surface area contributed by atoms with E-state index in [1.54, 1.807) is 0 Å². The maximum Gasteiger partial charge on any atom is 0.187 e. The third kappa shape index (κ3) is 6.66. The summed E-state index contributed by atoms with van der Waals surface area (Å²) in [6, 6.07) is 0. The van der Waals surface area contributed by atoms with E-state index in [-0.39, 0.29) is 30.8 Å². The normalized spacial score (nSPS) is 55.6. The molecule has 0 radical (unpaired) electrons. The minimum atomic E-state index is -1.70. The highest BCUT2D eigenvalue weighted by Crippen LogP contribution is 2.42. The minimum Gasteiger partial charge on any atom is -0.427 e. The van der Waals surface area contributed by atoms with Gasteiger partial charge in [0, 0.05) is 18.8 Å². The molecule has 2 aliphatic carbocycles. The summed E-state index contributed by atoms with van der Waals surface area (Å²) in [7, 11) is 0. The Bertz CT molecular complexity index is 882. The van der Waals surface area contributed by atoms with Crippen molar-refractivity contribution in [2.75, 3.05) is 6.61 Å². The molecule has 244 valence electrons. The molecular formula is C27H47O15+. The smallest absolute Gasteiger partial charge is 0.187 e. The molecule has 0 spiro atoms. The Morgan fingerprint density at radius 1 is 0.667 bits per heavy atom. The summed E-state index contributed by atoms with van der Waals surface area (Å²) in [6.45, 7) is 1.05. The van der Waals surface area contributed by atoms with Crippen LogP contribution in [0.15, 0.2) is 0 Å². The van der Waals surface area contributed by atoms with Crippen molar-refractivity contribution in [3.8, 4) is 0 Å². The molecule has 15 heteroatoms. The predicted octanol–water partition coefficient (Wildman–Crippen LogP) is -4.65. The van der Waals surface area contributed by atoms with Gasteiger partial charge in [0.2, 0.25) is 0 Å². The summed E-state index contributed by atoms with van der Waals surface area (Å²) >= 11 is 0. The van der Waals surface area contributed by atoms with Gasteiger partial charge in [0.25, 0.3) is 0 Å². The molecule has 0 aromatic heterocycles. The van der Waals surface area contributed by atoms with Gasteiger partial charge in [-0.2, -0.15) is 0 Å². The first kappa shape index (κ1) is 32.8. The van der Waals surface area contributed by atoms with Crippen LogP contribution in [0.3, 0.4) is 0 Å². The van der Waals surface area contributed by atoms with E-state index in [1.165, 1.54) is 6.92 Å². The third-order valence-corrected chi connectivity index (χ3v) is 9.78. The van der Waals surface area contributed by atoms with Gasteiger partial charge in [-0.05, 0) is 32.6 Å². The summed E-state index contributed by atoms with van der Waals surface area (Å²) in [6.07, 6.45) is -17.3. The van der Waals surface area contributed by atoms with Gasteiger partial charge in [-0.15, -0.1) is 0 Å². The number of hydrogen-bond acceptors (Lipinski definition) is 14. The minimum absolute atomic E-state index is 0.189. The Morgan fingerprint density at radius 2 is 1.36 bits per heavy atom. The number of aliphatic hydroxyl groups excluding tert-OH is 10. The van der Waals surface area contributed by atoms with Crippen molar-refractivity contribution in [3.63, 3.8) is 0 Å². The highest BCUT2D eigenvalue weighted by Gasteiger charge is 2.55. The van der Waals surface area contributed by atoms with Crippen molar-refractivity contribution in [3.05, 3.63) is 0 Å². The first-order valence-electron chi connectivity index (χ1n) is 14.9. The lowest BCUT2D eigenvalue weighted by Gasteiger charge is -2.48. The van der Waals surface area contributed by atoms with E-state index in [4.69, 9.17) is 23.7 Å². The fourth-order valence-corrected chi connectivity index (χ4v) is 7.18. The number of ether oxygens (including phenoxy) is 5. The molecule has 0 bridgehead atoms. The van der Waals surface area contributed by atoms with Crippen molar-refractivity contribution in [2.24, 2.45) is 11.8 Å². The Balaban J connectivity index is 1.29. The monoisotopic (exact) mass is 611 g/mol. The van der Waals surface area contributed by atoms with Crippen molar-refractivity contribution in [1.29, 1.82) is 0 Å². The SMILES string of the molecule is CC1OC(OCC2OC(OC3CC4C(O)CC(O)CC4[OH+]C3C3CCC(O)C(O)C3)C(O)C(O)C2O)C(O)C(O)C1O. The second kappa shape index (κ2) is 13.4. The molecule has 15 nitrogen and oxygen atoms in total. The van der Waals surface area contributed by atoms with E-state index in [0.29, 0.717) is 25.7 Å². The van der Waals surface area contributed by atoms with Gasteiger partial charge < -0.3 is 74.7 Å². The van der Waals surface area contributed by atoms with Gasteiger partial charge in [0.05, 0.1) is 43.0 Å². The van der Waals surface area contributed by atoms with Crippen molar-refractivity contribution >= 4 is 0 Å². The lowest BCUT2D eigenvalue weighted by molar-refractivity contribution is -0.362. The standard InChI is InChI=1S/C27H46O15/c1-9-19(32)21(34)23(36)26(39-9)38-8-18-20(33)22(35)24(37)27(42-18)41-17-7-12-14(30)5-11(28)6-16(12)40-25(17)10-2-3-13(29)15(31)4-10/h9-37H,2-8H2,1H3/p+1. The van der Waals surface area contributed by atoms with E-state index in [0.717, 1.165) is 0 Å². The average molecular weight is 612 g/mol. The molecule has 3 heterocycles. The number of hydrogen-bond donors (Lipinski definition) is 10. The van der Waals surface area contributed by atoms with E-state index in [9.17, 15) is 51.1 Å². The van der Waals surface area contributed by atoms with E-state index < -0.39 is 105 Å². The zero-order valence-corrected chi connectivity index (χ0v) is 23.5. The van der Waals surface area contributed by atoms with Crippen LogP contribution in [0.1, 0.15) is 45.4 Å². The molecule has 0 amide bonds. The molecular weight excluding hydrogens is 564 g/mol. The number of fused-ring (bicyclic) bond motifs is 1. The van der Waals surface area contributed by atoms with Crippen LogP contribution in [-0.4, -0.2) is 167 Å². The molecule has 2 saturated carbocycles. The predicted molar refractivity (Wildman–Crippen MR) is 138 cm³/mol. The second-order valence-corrected chi connectivity index (χ2v) is 12.7. The summed E-state index contributed by atoms with van der Waals surface area (Å²) < 4.78 is 28.0. The molecule has 3 aliphatic heterocycles. The number of rotatable bonds is 6. The Kier molecular flexibility index (Phi) is 10.5. The Hall–Kier alpha value is -0.600. The van der Waals surface area contributed by atoms with Crippen LogP contribution in [0.25, 0.3) is 0 Å². The van der Waals surface area contributed by atoms with Crippen molar-refractivity contribution in [1.82, 2.24) is 0 Å². The lowest BCUT2D eigenvalue weighted by Crippen LogP contribution is -2.63. The van der Waals surface area contributed by atoms with Crippen LogP contribution in [0.5, 0.6) is 0 Å².